The van der Waals surface area contributed by atoms with Crippen LogP contribution in [-0.2, 0) is 0 Å². The first-order valence-electron chi connectivity index (χ1n) is 5.86. The summed E-state index contributed by atoms with van der Waals surface area (Å²) in [6.45, 7) is 0.987. The molecular weight excluding hydrogens is 184 g/mol. The van der Waals surface area contributed by atoms with Gasteiger partial charge in [0.15, 0.2) is 0 Å². The van der Waals surface area contributed by atoms with Crippen molar-refractivity contribution in [3.63, 3.8) is 0 Å². The molecule has 2 rings (SSSR count). The van der Waals surface area contributed by atoms with Gasteiger partial charge in [0.2, 0.25) is 0 Å². The summed E-state index contributed by atoms with van der Waals surface area (Å²) in [6.07, 6.45) is 6.10. The molecule has 0 unspecified atom stereocenters. The monoisotopic (exact) mass is 204 g/mol. The molecule has 0 saturated heterocycles. The summed E-state index contributed by atoms with van der Waals surface area (Å²) in [5.41, 5.74) is 7.59. The maximum Gasteiger partial charge on any atom is 0.0340 e. The summed E-state index contributed by atoms with van der Waals surface area (Å²) < 4.78 is 0. The van der Waals surface area contributed by atoms with Crippen molar-refractivity contribution in [1.82, 2.24) is 0 Å². The molecule has 0 heterocycles. The first-order valence-corrected chi connectivity index (χ1v) is 5.86. The molecule has 1 aliphatic carbocycles. The molecule has 0 bridgehead atoms. The number of hydrogen-bond donors (Lipinski definition) is 2. The van der Waals surface area contributed by atoms with Gasteiger partial charge >= 0.3 is 0 Å². The van der Waals surface area contributed by atoms with Crippen LogP contribution in [0.3, 0.4) is 0 Å². The van der Waals surface area contributed by atoms with E-state index in [1.807, 2.05) is 6.07 Å². The Morgan fingerprint density at radius 2 is 1.80 bits per heavy atom. The van der Waals surface area contributed by atoms with Gasteiger partial charge in [-0.25, -0.2) is 0 Å². The normalized spacial score (nSPS) is 19.0. The van der Waals surface area contributed by atoms with E-state index in [-0.39, 0.29) is 5.54 Å². The average Bonchev–Trinajstić information content (AvgIpc) is 2.67. The minimum absolute atomic E-state index is 0.113. The third kappa shape index (κ3) is 2.96. The van der Waals surface area contributed by atoms with Crippen LogP contribution in [0.25, 0.3) is 0 Å². The SMILES string of the molecule is NC1(CCNc2ccccc2)CCCC1. The van der Waals surface area contributed by atoms with Crippen LogP contribution in [0.2, 0.25) is 0 Å². The molecule has 1 aliphatic rings. The first-order chi connectivity index (χ1) is 7.29. The van der Waals surface area contributed by atoms with Gasteiger partial charge in [0.05, 0.1) is 0 Å². The van der Waals surface area contributed by atoms with Gasteiger partial charge in [0.25, 0.3) is 0 Å². The summed E-state index contributed by atoms with van der Waals surface area (Å²) in [5.74, 6) is 0. The van der Waals surface area contributed by atoms with E-state index in [0.717, 1.165) is 13.0 Å². The maximum absolute atomic E-state index is 6.28. The third-order valence-electron chi connectivity index (χ3n) is 3.33. The molecule has 2 nitrogen and oxygen atoms in total. The maximum atomic E-state index is 6.28. The lowest BCUT2D eigenvalue weighted by atomic mass is 9.95. The van der Waals surface area contributed by atoms with Crippen LogP contribution >= 0.6 is 0 Å². The van der Waals surface area contributed by atoms with Crippen molar-refractivity contribution in [1.29, 1.82) is 0 Å². The topological polar surface area (TPSA) is 38.0 Å². The van der Waals surface area contributed by atoms with Crippen molar-refractivity contribution in [3.05, 3.63) is 30.3 Å². The minimum Gasteiger partial charge on any atom is -0.385 e. The zero-order chi connectivity index (χ0) is 10.6. The van der Waals surface area contributed by atoms with Crippen molar-refractivity contribution in [3.8, 4) is 0 Å². The van der Waals surface area contributed by atoms with Gasteiger partial charge in [-0.15, -0.1) is 0 Å². The molecule has 0 atom stereocenters. The Bertz CT molecular complexity index is 289. The van der Waals surface area contributed by atoms with Gasteiger partial charge in [-0.2, -0.15) is 0 Å². The lowest BCUT2D eigenvalue weighted by molar-refractivity contribution is 0.416. The van der Waals surface area contributed by atoms with Crippen LogP contribution in [0.4, 0.5) is 5.69 Å². The second-order valence-corrected chi connectivity index (χ2v) is 4.61. The quantitative estimate of drug-likeness (QED) is 0.791. The zero-order valence-corrected chi connectivity index (χ0v) is 9.21. The molecule has 0 spiro atoms. The smallest absolute Gasteiger partial charge is 0.0340 e. The van der Waals surface area contributed by atoms with Crippen LogP contribution in [0.15, 0.2) is 30.3 Å². The predicted molar refractivity (Wildman–Crippen MR) is 64.9 cm³/mol. The highest BCUT2D eigenvalue weighted by Gasteiger charge is 2.28. The molecule has 3 N–H and O–H groups in total. The Morgan fingerprint density at radius 1 is 1.13 bits per heavy atom. The summed E-state index contributed by atoms with van der Waals surface area (Å²) in [4.78, 5) is 0. The highest BCUT2D eigenvalue weighted by atomic mass is 14.9. The molecule has 15 heavy (non-hydrogen) atoms. The molecule has 1 aromatic rings. The van der Waals surface area contributed by atoms with E-state index >= 15 is 0 Å². The number of nitrogens with one attached hydrogen (secondary N) is 1. The van der Waals surface area contributed by atoms with Crippen molar-refractivity contribution in [2.24, 2.45) is 5.73 Å². The van der Waals surface area contributed by atoms with Crippen LogP contribution in [0.5, 0.6) is 0 Å². The number of nitrogens with two attached hydrogens (primary N) is 1. The molecule has 82 valence electrons. The van der Waals surface area contributed by atoms with Crippen LogP contribution in [-0.4, -0.2) is 12.1 Å². The molecule has 2 heteroatoms. The number of anilines is 1. The van der Waals surface area contributed by atoms with E-state index in [2.05, 4.69) is 29.6 Å². The standard InChI is InChI=1S/C13H20N2/c14-13(8-4-5-9-13)10-11-15-12-6-2-1-3-7-12/h1-3,6-7,15H,4-5,8-11,14H2. The Labute approximate surface area is 91.9 Å². The van der Waals surface area contributed by atoms with E-state index < -0.39 is 0 Å². The van der Waals surface area contributed by atoms with E-state index in [9.17, 15) is 0 Å². The van der Waals surface area contributed by atoms with Crippen LogP contribution in [0, 0.1) is 0 Å². The fraction of sp³-hybridized carbons (Fsp3) is 0.538. The molecule has 1 fully saturated rings. The minimum atomic E-state index is 0.113. The lowest BCUT2D eigenvalue weighted by Gasteiger charge is -2.23. The molecular formula is C13H20N2. The molecule has 1 aromatic carbocycles. The van der Waals surface area contributed by atoms with E-state index in [4.69, 9.17) is 5.73 Å². The molecule has 0 aromatic heterocycles. The van der Waals surface area contributed by atoms with E-state index in [0.29, 0.717) is 0 Å². The molecule has 0 radical (unpaired) electrons. The summed E-state index contributed by atoms with van der Waals surface area (Å²) >= 11 is 0. The lowest BCUT2D eigenvalue weighted by Crippen LogP contribution is -2.38. The summed E-state index contributed by atoms with van der Waals surface area (Å²) in [6, 6.07) is 10.3. The third-order valence-corrected chi connectivity index (χ3v) is 3.33. The van der Waals surface area contributed by atoms with Gasteiger partial charge in [-0.05, 0) is 31.4 Å². The Balaban J connectivity index is 1.75. The van der Waals surface area contributed by atoms with Gasteiger partial charge in [0, 0.05) is 17.8 Å². The summed E-state index contributed by atoms with van der Waals surface area (Å²) in [7, 11) is 0. The van der Waals surface area contributed by atoms with Crippen molar-refractivity contribution in [2.75, 3.05) is 11.9 Å². The Hall–Kier alpha value is -1.02. The predicted octanol–water partition coefficient (Wildman–Crippen LogP) is 2.76. The largest absolute Gasteiger partial charge is 0.385 e. The van der Waals surface area contributed by atoms with Gasteiger partial charge in [-0.1, -0.05) is 31.0 Å². The van der Waals surface area contributed by atoms with Gasteiger partial charge in [-0.3, -0.25) is 0 Å². The molecule has 1 saturated carbocycles. The van der Waals surface area contributed by atoms with Crippen LogP contribution in [0.1, 0.15) is 32.1 Å². The Kier molecular flexibility index (Phi) is 3.27. The number of para-hydroxylation sites is 1. The fourth-order valence-electron chi connectivity index (χ4n) is 2.34. The summed E-state index contributed by atoms with van der Waals surface area (Å²) in [5, 5.41) is 3.42. The first kappa shape index (κ1) is 10.5. The second kappa shape index (κ2) is 4.67. The molecule has 0 amide bonds. The average molecular weight is 204 g/mol. The second-order valence-electron chi connectivity index (χ2n) is 4.61. The fourth-order valence-corrected chi connectivity index (χ4v) is 2.34. The highest BCUT2D eigenvalue weighted by Crippen LogP contribution is 2.29. The van der Waals surface area contributed by atoms with Gasteiger partial charge < -0.3 is 11.1 Å². The number of hydrogen-bond acceptors (Lipinski definition) is 2. The molecule has 0 aliphatic heterocycles. The number of rotatable bonds is 4. The van der Waals surface area contributed by atoms with Gasteiger partial charge in [0.1, 0.15) is 0 Å². The highest BCUT2D eigenvalue weighted by molar-refractivity contribution is 5.42. The van der Waals surface area contributed by atoms with E-state index in [1.165, 1.54) is 31.4 Å². The number of benzene rings is 1. The van der Waals surface area contributed by atoms with Crippen molar-refractivity contribution in [2.45, 2.75) is 37.6 Å². The van der Waals surface area contributed by atoms with E-state index in [1.54, 1.807) is 0 Å². The van der Waals surface area contributed by atoms with Crippen molar-refractivity contribution < 1.29 is 0 Å². The van der Waals surface area contributed by atoms with Crippen LogP contribution < -0.4 is 11.1 Å². The Morgan fingerprint density at radius 3 is 2.47 bits per heavy atom. The zero-order valence-electron chi connectivity index (χ0n) is 9.21. The van der Waals surface area contributed by atoms with Crippen molar-refractivity contribution >= 4 is 5.69 Å².